The first kappa shape index (κ1) is 13.8. The lowest BCUT2D eigenvalue weighted by molar-refractivity contribution is -0.137. The summed E-state index contributed by atoms with van der Waals surface area (Å²) in [7, 11) is 0. The lowest BCUT2D eigenvalue weighted by Gasteiger charge is -2.09. The van der Waals surface area contributed by atoms with Crippen molar-refractivity contribution >= 4 is 16.3 Å². The Morgan fingerprint density at radius 1 is 1.21 bits per heavy atom. The Labute approximate surface area is 110 Å². The predicted octanol–water partition coefficient (Wildman–Crippen LogP) is 3.65. The Kier molecular flexibility index (Phi) is 3.51. The van der Waals surface area contributed by atoms with Crippen LogP contribution in [0.5, 0.6) is 0 Å². The molecular weight excluding hydrogens is 282 g/mol. The van der Waals surface area contributed by atoms with Gasteiger partial charge in [-0.2, -0.15) is 13.2 Å². The Morgan fingerprint density at radius 3 is 2.42 bits per heavy atom. The van der Waals surface area contributed by atoms with Crippen LogP contribution in [0.15, 0.2) is 23.6 Å². The number of hydrogen-bond acceptors (Lipinski definition) is 3. The van der Waals surface area contributed by atoms with E-state index in [1.807, 2.05) is 0 Å². The van der Waals surface area contributed by atoms with Crippen LogP contribution in [0, 0.1) is 5.82 Å². The molecule has 2 nitrogen and oxygen atoms in total. The fraction of sp³-hybridized carbons (Fsp3) is 0.167. The number of rotatable bonds is 2. The molecule has 1 aromatic carbocycles. The van der Waals surface area contributed by atoms with Crippen LogP contribution < -0.4 is 5.73 Å². The molecule has 0 saturated carbocycles. The summed E-state index contributed by atoms with van der Waals surface area (Å²) in [6, 6.07) is 2.27. The quantitative estimate of drug-likeness (QED) is 0.830. The van der Waals surface area contributed by atoms with Crippen molar-refractivity contribution in [3.63, 3.8) is 0 Å². The van der Waals surface area contributed by atoms with Crippen LogP contribution in [0.3, 0.4) is 0 Å². The summed E-state index contributed by atoms with van der Waals surface area (Å²) < 4.78 is 51.1. The Morgan fingerprint density at radius 2 is 1.89 bits per heavy atom. The van der Waals surface area contributed by atoms with Gasteiger partial charge in [-0.15, -0.1) is 11.3 Å². The lowest BCUT2D eigenvalue weighted by atomic mass is 10.0. The molecule has 0 aliphatic carbocycles. The molecule has 0 aliphatic heterocycles. The SMILES string of the molecule is Nc1scc(-c2ccc(C(F)(F)F)cc2F)c1CO. The van der Waals surface area contributed by atoms with Crippen molar-refractivity contribution in [1.82, 2.24) is 0 Å². The number of halogens is 4. The largest absolute Gasteiger partial charge is 0.416 e. The summed E-state index contributed by atoms with van der Waals surface area (Å²) >= 11 is 1.10. The number of aliphatic hydroxyl groups excluding tert-OH is 1. The van der Waals surface area contributed by atoms with E-state index in [9.17, 15) is 17.6 Å². The number of aliphatic hydroxyl groups is 1. The van der Waals surface area contributed by atoms with Gasteiger partial charge in [-0.05, 0) is 12.1 Å². The topological polar surface area (TPSA) is 46.2 Å². The molecule has 7 heteroatoms. The highest BCUT2D eigenvalue weighted by Crippen LogP contribution is 2.37. The van der Waals surface area contributed by atoms with E-state index in [1.165, 1.54) is 5.38 Å². The molecule has 0 radical (unpaired) electrons. The highest BCUT2D eigenvalue weighted by molar-refractivity contribution is 7.14. The molecule has 0 aliphatic rings. The van der Waals surface area contributed by atoms with E-state index in [4.69, 9.17) is 10.8 Å². The smallest absolute Gasteiger partial charge is 0.392 e. The van der Waals surface area contributed by atoms with Gasteiger partial charge in [0.25, 0.3) is 0 Å². The number of anilines is 1. The van der Waals surface area contributed by atoms with Crippen molar-refractivity contribution < 1.29 is 22.7 Å². The first-order chi connectivity index (χ1) is 8.84. The van der Waals surface area contributed by atoms with Crippen LogP contribution >= 0.6 is 11.3 Å². The molecule has 0 fully saturated rings. The summed E-state index contributed by atoms with van der Waals surface area (Å²) in [6.07, 6.45) is -4.59. The maximum absolute atomic E-state index is 13.8. The van der Waals surface area contributed by atoms with Gasteiger partial charge in [-0.3, -0.25) is 0 Å². The van der Waals surface area contributed by atoms with E-state index in [1.54, 1.807) is 0 Å². The number of nitrogens with two attached hydrogens (primary N) is 1. The molecule has 0 unspecified atom stereocenters. The second-order valence-corrected chi connectivity index (χ2v) is 4.75. The molecule has 0 saturated heterocycles. The van der Waals surface area contributed by atoms with Crippen molar-refractivity contribution in [2.45, 2.75) is 12.8 Å². The molecule has 2 aromatic rings. The van der Waals surface area contributed by atoms with Crippen LogP contribution in [0.2, 0.25) is 0 Å². The second kappa shape index (κ2) is 4.82. The molecule has 19 heavy (non-hydrogen) atoms. The summed E-state index contributed by atoms with van der Waals surface area (Å²) in [4.78, 5) is 0. The summed E-state index contributed by atoms with van der Waals surface area (Å²) in [5.41, 5.74) is 5.17. The number of hydrogen-bond donors (Lipinski definition) is 2. The zero-order valence-electron chi connectivity index (χ0n) is 9.46. The molecule has 1 heterocycles. The van der Waals surface area contributed by atoms with Gasteiger partial charge in [-0.1, -0.05) is 6.07 Å². The monoisotopic (exact) mass is 291 g/mol. The standard InChI is InChI=1S/C12H9F4NOS/c13-10-3-6(12(14,15)16)1-2-7(10)9-5-19-11(17)8(9)4-18/h1-3,5,18H,4,17H2. The molecular formula is C12H9F4NOS. The van der Waals surface area contributed by atoms with E-state index >= 15 is 0 Å². The highest BCUT2D eigenvalue weighted by Gasteiger charge is 2.31. The summed E-state index contributed by atoms with van der Waals surface area (Å²) in [5.74, 6) is -0.998. The van der Waals surface area contributed by atoms with Crippen LogP contribution in [0.4, 0.5) is 22.6 Å². The normalized spacial score (nSPS) is 11.8. The van der Waals surface area contributed by atoms with E-state index in [0.717, 1.165) is 23.5 Å². The third-order valence-corrected chi connectivity index (χ3v) is 3.52. The molecule has 2 rings (SSSR count). The molecule has 102 valence electrons. The highest BCUT2D eigenvalue weighted by atomic mass is 32.1. The van der Waals surface area contributed by atoms with E-state index in [0.29, 0.717) is 22.2 Å². The molecule has 1 aromatic heterocycles. The molecule has 0 amide bonds. The van der Waals surface area contributed by atoms with Crippen LogP contribution in [0.25, 0.3) is 11.1 Å². The lowest BCUT2D eigenvalue weighted by Crippen LogP contribution is -2.05. The Bertz CT molecular complexity index is 606. The number of benzene rings is 1. The van der Waals surface area contributed by atoms with Crippen molar-refractivity contribution in [2.24, 2.45) is 0 Å². The molecule has 0 atom stereocenters. The summed E-state index contributed by atoms with van der Waals surface area (Å²) in [5, 5.41) is 11.0. The van der Waals surface area contributed by atoms with Crippen LogP contribution in [-0.2, 0) is 12.8 Å². The maximum atomic E-state index is 13.8. The van der Waals surface area contributed by atoms with Crippen molar-refractivity contribution in [1.29, 1.82) is 0 Å². The first-order valence-electron chi connectivity index (χ1n) is 5.18. The molecule has 3 N–H and O–H groups in total. The first-order valence-corrected chi connectivity index (χ1v) is 6.06. The average Bonchev–Trinajstić information content (AvgIpc) is 2.69. The number of nitrogen functional groups attached to an aromatic ring is 1. The van der Waals surface area contributed by atoms with Gasteiger partial charge in [0.15, 0.2) is 0 Å². The minimum atomic E-state index is -4.59. The third kappa shape index (κ3) is 2.57. The van der Waals surface area contributed by atoms with Crippen LogP contribution in [-0.4, -0.2) is 5.11 Å². The van der Waals surface area contributed by atoms with Crippen molar-refractivity contribution in [3.05, 3.63) is 40.5 Å². The average molecular weight is 291 g/mol. The van der Waals surface area contributed by atoms with Gasteiger partial charge in [0.2, 0.25) is 0 Å². The van der Waals surface area contributed by atoms with Gasteiger partial charge in [0.05, 0.1) is 17.2 Å². The van der Waals surface area contributed by atoms with Gasteiger partial charge in [0, 0.05) is 22.1 Å². The zero-order valence-corrected chi connectivity index (χ0v) is 10.3. The minimum Gasteiger partial charge on any atom is -0.392 e. The molecule has 0 spiro atoms. The van der Waals surface area contributed by atoms with Crippen LogP contribution in [0.1, 0.15) is 11.1 Å². The summed E-state index contributed by atoms with van der Waals surface area (Å²) in [6.45, 7) is -0.398. The van der Waals surface area contributed by atoms with Crippen molar-refractivity contribution in [2.75, 3.05) is 5.73 Å². The Balaban J connectivity index is 2.52. The third-order valence-electron chi connectivity index (χ3n) is 2.67. The van der Waals surface area contributed by atoms with Gasteiger partial charge < -0.3 is 10.8 Å². The number of alkyl halides is 3. The Hall–Kier alpha value is -1.60. The van der Waals surface area contributed by atoms with Gasteiger partial charge >= 0.3 is 6.18 Å². The van der Waals surface area contributed by atoms with E-state index in [-0.39, 0.29) is 5.56 Å². The molecule has 0 bridgehead atoms. The maximum Gasteiger partial charge on any atom is 0.416 e. The fourth-order valence-electron chi connectivity index (χ4n) is 1.70. The van der Waals surface area contributed by atoms with Gasteiger partial charge in [-0.25, -0.2) is 4.39 Å². The number of thiophene rings is 1. The van der Waals surface area contributed by atoms with Crippen molar-refractivity contribution in [3.8, 4) is 11.1 Å². The van der Waals surface area contributed by atoms with Gasteiger partial charge in [0.1, 0.15) is 5.82 Å². The second-order valence-electron chi connectivity index (χ2n) is 3.84. The minimum absolute atomic E-state index is 0.00926. The van der Waals surface area contributed by atoms with E-state index < -0.39 is 24.2 Å². The fourth-order valence-corrected chi connectivity index (χ4v) is 2.53. The zero-order chi connectivity index (χ0) is 14.2. The van der Waals surface area contributed by atoms with E-state index in [2.05, 4.69) is 0 Å². The predicted molar refractivity (Wildman–Crippen MR) is 65.1 cm³/mol.